The Morgan fingerprint density at radius 2 is 1.46 bits per heavy atom. The zero-order valence-corrected chi connectivity index (χ0v) is 15.3. The Kier molecular flexibility index (Phi) is 5.60. The van der Waals surface area contributed by atoms with Gasteiger partial charge < -0.3 is 10.6 Å². The van der Waals surface area contributed by atoms with Gasteiger partial charge in [0, 0.05) is 17.8 Å². The van der Waals surface area contributed by atoms with Crippen LogP contribution in [0.5, 0.6) is 0 Å². The second-order valence-corrected chi connectivity index (χ2v) is 7.64. The summed E-state index contributed by atoms with van der Waals surface area (Å²) in [7, 11) is 0. The van der Waals surface area contributed by atoms with Crippen LogP contribution in [0.1, 0.15) is 46.2 Å². The van der Waals surface area contributed by atoms with Crippen LogP contribution in [0.25, 0.3) is 0 Å². The molecule has 0 radical (unpaired) electrons. The monoisotopic (exact) mass is 326 g/mol. The molecule has 0 fully saturated rings. The van der Waals surface area contributed by atoms with Crippen molar-refractivity contribution in [1.29, 1.82) is 0 Å². The van der Waals surface area contributed by atoms with E-state index in [0.29, 0.717) is 6.04 Å². The third-order valence-corrected chi connectivity index (χ3v) is 3.65. The van der Waals surface area contributed by atoms with E-state index in [9.17, 15) is 4.79 Å². The summed E-state index contributed by atoms with van der Waals surface area (Å²) in [5.74, 6) is 0. The van der Waals surface area contributed by atoms with Gasteiger partial charge >= 0.3 is 6.03 Å². The maximum Gasteiger partial charge on any atom is 0.323 e. The summed E-state index contributed by atoms with van der Waals surface area (Å²) in [5.41, 5.74) is 3.09. The molecule has 0 saturated heterocycles. The molecule has 0 aliphatic carbocycles. The molecule has 4 nitrogen and oxygen atoms in total. The molecule has 0 spiro atoms. The minimum Gasteiger partial charge on any atom is -0.308 e. The van der Waals surface area contributed by atoms with Crippen LogP contribution in [-0.4, -0.2) is 6.03 Å². The van der Waals surface area contributed by atoms with Crippen molar-refractivity contribution in [2.45, 2.75) is 47.1 Å². The van der Waals surface area contributed by atoms with Crippen molar-refractivity contribution in [3.63, 3.8) is 0 Å². The van der Waals surface area contributed by atoms with E-state index in [1.807, 2.05) is 36.7 Å². The maximum absolute atomic E-state index is 12.1. The van der Waals surface area contributed by atoms with E-state index in [1.165, 1.54) is 5.56 Å². The normalized spacial score (nSPS) is 11.4. The maximum atomic E-state index is 12.1. The number of hydrogen-bond donors (Lipinski definition) is 2. The Hall–Kier alpha value is -2.36. The van der Waals surface area contributed by atoms with E-state index in [-0.39, 0.29) is 11.4 Å². The number of anilines is 2. The molecule has 2 aromatic rings. The highest BCUT2D eigenvalue weighted by atomic mass is 16.2. The van der Waals surface area contributed by atoms with Crippen molar-refractivity contribution in [1.82, 2.24) is 0 Å². The molecule has 2 amide bonds. The van der Waals surface area contributed by atoms with Crippen molar-refractivity contribution in [2.24, 2.45) is 5.41 Å². The average Bonchev–Trinajstić information content (AvgIpc) is 2.48. The van der Waals surface area contributed by atoms with Crippen molar-refractivity contribution >= 4 is 17.4 Å². The summed E-state index contributed by atoms with van der Waals surface area (Å²) in [5, 5.41) is 5.71. The Morgan fingerprint density at radius 3 is 1.92 bits per heavy atom. The van der Waals surface area contributed by atoms with Gasteiger partial charge in [0.05, 0.1) is 5.69 Å². The molecule has 1 heterocycles. The van der Waals surface area contributed by atoms with Crippen molar-refractivity contribution in [3.05, 3.63) is 54.4 Å². The lowest BCUT2D eigenvalue weighted by Gasteiger charge is -2.18. The minimum absolute atomic E-state index is 0.235. The summed E-state index contributed by atoms with van der Waals surface area (Å²) in [6.45, 7) is 10.9. The highest BCUT2D eigenvalue weighted by Crippen LogP contribution is 2.21. The van der Waals surface area contributed by atoms with Gasteiger partial charge in [-0.3, -0.25) is 0 Å². The van der Waals surface area contributed by atoms with E-state index in [1.54, 1.807) is 0 Å². The lowest BCUT2D eigenvalue weighted by molar-refractivity contribution is -0.716. The molecule has 128 valence electrons. The summed E-state index contributed by atoms with van der Waals surface area (Å²) in [4.78, 5) is 12.1. The third-order valence-electron chi connectivity index (χ3n) is 3.65. The number of amides is 2. The fourth-order valence-corrected chi connectivity index (χ4v) is 2.48. The highest BCUT2D eigenvalue weighted by molar-refractivity contribution is 5.99. The summed E-state index contributed by atoms with van der Waals surface area (Å²) in [6, 6.07) is 12.0. The summed E-state index contributed by atoms with van der Waals surface area (Å²) in [6.07, 6.45) is 4.93. The Labute approximate surface area is 144 Å². The van der Waals surface area contributed by atoms with Gasteiger partial charge in [-0.2, -0.15) is 0 Å². The largest absolute Gasteiger partial charge is 0.323 e. The Morgan fingerprint density at radius 1 is 0.958 bits per heavy atom. The van der Waals surface area contributed by atoms with Crippen LogP contribution >= 0.6 is 0 Å². The lowest BCUT2D eigenvalue weighted by atomic mass is 9.88. The van der Waals surface area contributed by atoms with Crippen LogP contribution in [0.4, 0.5) is 16.2 Å². The van der Waals surface area contributed by atoms with Crippen LogP contribution in [-0.2, 0) is 6.42 Å². The zero-order chi connectivity index (χ0) is 17.7. The first-order valence-electron chi connectivity index (χ1n) is 8.41. The Balaban J connectivity index is 1.92. The number of urea groups is 1. The molecule has 2 N–H and O–H groups in total. The molecule has 4 heteroatoms. The van der Waals surface area contributed by atoms with Crippen molar-refractivity contribution < 1.29 is 9.36 Å². The van der Waals surface area contributed by atoms with Gasteiger partial charge in [-0.25, -0.2) is 9.36 Å². The van der Waals surface area contributed by atoms with Gasteiger partial charge in [0.1, 0.15) is 0 Å². The molecule has 0 atom stereocenters. The molecular weight excluding hydrogens is 298 g/mol. The van der Waals surface area contributed by atoms with E-state index in [4.69, 9.17) is 0 Å². The molecule has 1 aromatic heterocycles. The van der Waals surface area contributed by atoms with Crippen molar-refractivity contribution in [2.75, 3.05) is 10.6 Å². The van der Waals surface area contributed by atoms with Gasteiger partial charge in [0.15, 0.2) is 18.4 Å². The number of pyridine rings is 1. The molecule has 24 heavy (non-hydrogen) atoms. The van der Waals surface area contributed by atoms with Crippen LogP contribution in [0.2, 0.25) is 0 Å². The van der Waals surface area contributed by atoms with E-state index >= 15 is 0 Å². The first-order chi connectivity index (χ1) is 11.2. The Bertz CT molecular complexity index is 668. The number of hydrogen-bond acceptors (Lipinski definition) is 1. The molecule has 0 aliphatic rings. The molecule has 0 unspecified atom stereocenters. The molecule has 0 aliphatic heterocycles. The number of carbonyl (C=O) groups excluding carboxylic acids is 1. The highest BCUT2D eigenvalue weighted by Gasteiger charge is 2.11. The number of nitrogens with one attached hydrogen (secondary N) is 2. The summed E-state index contributed by atoms with van der Waals surface area (Å²) >= 11 is 0. The fraction of sp³-hybridized carbons (Fsp3) is 0.400. The topological polar surface area (TPSA) is 45.0 Å². The number of carbonyl (C=O) groups is 1. The third kappa shape index (κ3) is 5.69. The molecule has 1 aromatic carbocycles. The average molecular weight is 326 g/mol. The second-order valence-electron chi connectivity index (χ2n) is 7.64. The zero-order valence-electron chi connectivity index (χ0n) is 15.3. The number of aromatic nitrogens is 1. The quantitative estimate of drug-likeness (QED) is 0.780. The smallest absolute Gasteiger partial charge is 0.308 e. The molecule has 2 rings (SSSR count). The predicted octanol–water partition coefficient (Wildman–Crippen LogP) is 4.79. The second kappa shape index (κ2) is 7.47. The number of rotatable bonds is 4. The first kappa shape index (κ1) is 18.0. The van der Waals surface area contributed by atoms with Gasteiger partial charge in [-0.05, 0) is 43.4 Å². The SMILES string of the molecule is CC(C)[n+]1ccc(NC(=O)Nc2ccc(CC(C)(C)C)cc2)cc1. The van der Waals surface area contributed by atoms with Crippen LogP contribution in [0, 0.1) is 5.41 Å². The van der Waals surface area contributed by atoms with Crippen LogP contribution in [0.3, 0.4) is 0 Å². The predicted molar refractivity (Wildman–Crippen MR) is 99.3 cm³/mol. The molecule has 0 saturated carbocycles. The van der Waals surface area contributed by atoms with E-state index in [2.05, 4.69) is 62.0 Å². The number of benzene rings is 1. The fourth-order valence-electron chi connectivity index (χ4n) is 2.48. The first-order valence-corrected chi connectivity index (χ1v) is 8.41. The van der Waals surface area contributed by atoms with Gasteiger partial charge in [0.2, 0.25) is 0 Å². The minimum atomic E-state index is -0.235. The number of nitrogens with zero attached hydrogens (tertiary/aromatic N) is 1. The van der Waals surface area contributed by atoms with Crippen LogP contribution < -0.4 is 15.2 Å². The van der Waals surface area contributed by atoms with Gasteiger partial charge in [0.25, 0.3) is 0 Å². The lowest BCUT2D eigenvalue weighted by Crippen LogP contribution is -2.35. The molecule has 0 bridgehead atoms. The van der Waals surface area contributed by atoms with Gasteiger partial charge in [-0.1, -0.05) is 32.9 Å². The summed E-state index contributed by atoms with van der Waals surface area (Å²) < 4.78 is 2.08. The van der Waals surface area contributed by atoms with E-state index < -0.39 is 0 Å². The van der Waals surface area contributed by atoms with Crippen molar-refractivity contribution in [3.8, 4) is 0 Å². The van der Waals surface area contributed by atoms with Crippen LogP contribution in [0.15, 0.2) is 48.8 Å². The standard InChI is InChI=1S/C20H27N3O/c1-15(2)23-12-10-18(11-13-23)22-19(24)21-17-8-6-16(7-9-17)14-20(3,4)5/h6-13,15H,14H2,1-5H3,(H,21,24)/p+1. The van der Waals surface area contributed by atoms with E-state index in [0.717, 1.165) is 17.8 Å². The molecular formula is C20H28N3O+. The van der Waals surface area contributed by atoms with Gasteiger partial charge in [-0.15, -0.1) is 0 Å².